The van der Waals surface area contributed by atoms with E-state index in [2.05, 4.69) is 37.2 Å². The second-order valence-corrected chi connectivity index (χ2v) is 6.39. The molecular formula is C13H15Br2NO3. The fraction of sp³-hybridized carbons (Fsp3) is 0.385. The molecule has 0 heterocycles. The minimum atomic E-state index is -0.946. The molecule has 0 aliphatic rings. The molecule has 4 nitrogen and oxygen atoms in total. The van der Waals surface area contributed by atoms with Crippen LogP contribution >= 0.6 is 31.9 Å². The van der Waals surface area contributed by atoms with E-state index < -0.39 is 11.4 Å². The average molecular weight is 393 g/mol. The summed E-state index contributed by atoms with van der Waals surface area (Å²) in [4.78, 5) is 23.1. The zero-order valence-corrected chi connectivity index (χ0v) is 13.8. The van der Waals surface area contributed by atoms with Crippen LogP contribution < -0.4 is 5.32 Å². The number of nitrogens with one attached hydrogen (secondary N) is 1. The van der Waals surface area contributed by atoms with E-state index in [0.29, 0.717) is 12.0 Å². The van der Waals surface area contributed by atoms with Crippen LogP contribution in [0.1, 0.15) is 30.6 Å². The summed E-state index contributed by atoms with van der Waals surface area (Å²) in [7, 11) is 0. The van der Waals surface area contributed by atoms with Crippen LogP contribution in [0.2, 0.25) is 0 Å². The molecule has 1 unspecified atom stereocenters. The number of benzene rings is 1. The minimum absolute atomic E-state index is 0.0990. The van der Waals surface area contributed by atoms with E-state index in [0.717, 1.165) is 8.95 Å². The Balaban J connectivity index is 2.78. The van der Waals surface area contributed by atoms with Gasteiger partial charge in [-0.3, -0.25) is 9.59 Å². The van der Waals surface area contributed by atoms with Crippen molar-refractivity contribution in [3.05, 3.63) is 32.7 Å². The highest BCUT2D eigenvalue weighted by molar-refractivity contribution is 9.11. The highest BCUT2D eigenvalue weighted by atomic mass is 79.9. The van der Waals surface area contributed by atoms with E-state index in [4.69, 9.17) is 5.11 Å². The van der Waals surface area contributed by atoms with Crippen molar-refractivity contribution in [2.45, 2.75) is 20.3 Å². The van der Waals surface area contributed by atoms with E-state index in [1.165, 1.54) is 0 Å². The molecule has 104 valence electrons. The second kappa shape index (κ2) is 6.52. The Bertz CT molecular complexity index is 484. The average Bonchev–Trinajstić information content (AvgIpc) is 2.34. The Morgan fingerprint density at radius 2 is 1.79 bits per heavy atom. The number of carboxylic acid groups (broad SMARTS) is 1. The molecule has 0 fully saturated rings. The third kappa shape index (κ3) is 4.31. The van der Waals surface area contributed by atoms with Crippen LogP contribution in [0.5, 0.6) is 0 Å². The van der Waals surface area contributed by atoms with Gasteiger partial charge < -0.3 is 10.4 Å². The molecule has 0 radical (unpaired) electrons. The van der Waals surface area contributed by atoms with E-state index in [1.54, 1.807) is 26.0 Å². The Kier molecular flexibility index (Phi) is 5.55. The molecule has 0 saturated carbocycles. The maximum absolute atomic E-state index is 12.0. The van der Waals surface area contributed by atoms with Gasteiger partial charge in [-0.05, 0) is 31.5 Å². The smallest absolute Gasteiger partial charge is 0.311 e. The third-order valence-electron chi connectivity index (χ3n) is 3.06. The standard InChI is InChI=1S/C13H15Br2NO3/c1-3-13(2,12(18)19)7-16-11(17)8-4-9(14)6-10(15)5-8/h4-6H,3,7H2,1-2H3,(H,16,17)(H,18,19). The van der Waals surface area contributed by atoms with Crippen LogP contribution in [0.25, 0.3) is 0 Å². The Hall–Kier alpha value is -0.880. The van der Waals surface area contributed by atoms with Crippen molar-refractivity contribution in [1.82, 2.24) is 5.32 Å². The van der Waals surface area contributed by atoms with Gasteiger partial charge in [0.25, 0.3) is 5.91 Å². The minimum Gasteiger partial charge on any atom is -0.481 e. The molecule has 0 spiro atoms. The van der Waals surface area contributed by atoms with Crippen LogP contribution in [0, 0.1) is 5.41 Å². The highest BCUT2D eigenvalue weighted by Gasteiger charge is 2.31. The van der Waals surface area contributed by atoms with Gasteiger partial charge in [-0.15, -0.1) is 0 Å². The van der Waals surface area contributed by atoms with Crippen LogP contribution in [0.3, 0.4) is 0 Å². The van der Waals surface area contributed by atoms with Crippen LogP contribution in [0.4, 0.5) is 0 Å². The molecular weight excluding hydrogens is 378 g/mol. The van der Waals surface area contributed by atoms with Gasteiger partial charge in [-0.2, -0.15) is 0 Å². The number of hydrogen-bond acceptors (Lipinski definition) is 2. The van der Waals surface area contributed by atoms with Crippen molar-refractivity contribution in [3.63, 3.8) is 0 Å². The topological polar surface area (TPSA) is 66.4 Å². The third-order valence-corrected chi connectivity index (χ3v) is 3.98. The lowest BCUT2D eigenvalue weighted by atomic mass is 9.87. The molecule has 0 aromatic heterocycles. The molecule has 2 N–H and O–H groups in total. The molecule has 1 atom stereocenters. The van der Waals surface area contributed by atoms with Gasteiger partial charge in [-0.25, -0.2) is 0 Å². The van der Waals surface area contributed by atoms with E-state index in [-0.39, 0.29) is 12.5 Å². The summed E-state index contributed by atoms with van der Waals surface area (Å²) in [6.07, 6.45) is 0.449. The molecule has 6 heteroatoms. The number of halogens is 2. The fourth-order valence-corrected chi connectivity index (χ4v) is 2.71. The summed E-state index contributed by atoms with van der Waals surface area (Å²) in [6, 6.07) is 5.19. The maximum atomic E-state index is 12.0. The quantitative estimate of drug-likeness (QED) is 0.806. The molecule has 1 aromatic carbocycles. The molecule has 0 aliphatic carbocycles. The number of aliphatic carboxylic acids is 1. The lowest BCUT2D eigenvalue weighted by molar-refractivity contribution is -0.147. The van der Waals surface area contributed by atoms with Crippen molar-refractivity contribution in [1.29, 1.82) is 0 Å². The first-order chi connectivity index (χ1) is 8.78. The van der Waals surface area contributed by atoms with Crippen molar-refractivity contribution in [2.24, 2.45) is 5.41 Å². The summed E-state index contributed by atoms with van der Waals surface area (Å²) in [5.74, 6) is -1.20. The van der Waals surface area contributed by atoms with Crippen LogP contribution in [-0.2, 0) is 4.79 Å². The first-order valence-corrected chi connectivity index (χ1v) is 7.35. The van der Waals surface area contributed by atoms with E-state index in [1.807, 2.05) is 6.07 Å². The summed E-state index contributed by atoms with van der Waals surface area (Å²) < 4.78 is 1.56. The highest BCUT2D eigenvalue weighted by Crippen LogP contribution is 2.22. The van der Waals surface area contributed by atoms with Gasteiger partial charge in [0.1, 0.15) is 0 Å². The largest absolute Gasteiger partial charge is 0.481 e. The molecule has 19 heavy (non-hydrogen) atoms. The molecule has 0 saturated heterocycles. The van der Waals surface area contributed by atoms with Gasteiger partial charge in [0.2, 0.25) is 0 Å². The van der Waals surface area contributed by atoms with Gasteiger partial charge in [0, 0.05) is 21.1 Å². The lowest BCUT2D eigenvalue weighted by Crippen LogP contribution is -2.40. The Morgan fingerprint density at radius 1 is 1.26 bits per heavy atom. The molecule has 0 bridgehead atoms. The lowest BCUT2D eigenvalue weighted by Gasteiger charge is -2.23. The predicted molar refractivity (Wildman–Crippen MR) is 80.2 cm³/mol. The van der Waals surface area contributed by atoms with Crippen molar-refractivity contribution in [3.8, 4) is 0 Å². The Labute approximate surface area is 128 Å². The maximum Gasteiger partial charge on any atom is 0.311 e. The van der Waals surface area contributed by atoms with Crippen LogP contribution in [0.15, 0.2) is 27.1 Å². The Morgan fingerprint density at radius 3 is 2.21 bits per heavy atom. The first-order valence-electron chi connectivity index (χ1n) is 5.76. The zero-order chi connectivity index (χ0) is 14.6. The van der Waals surface area contributed by atoms with Crippen LogP contribution in [-0.4, -0.2) is 23.5 Å². The zero-order valence-electron chi connectivity index (χ0n) is 10.7. The summed E-state index contributed by atoms with van der Waals surface area (Å²) >= 11 is 6.61. The number of carboxylic acids is 1. The van der Waals surface area contributed by atoms with Gasteiger partial charge in [-0.1, -0.05) is 38.8 Å². The summed E-state index contributed by atoms with van der Waals surface area (Å²) in [6.45, 7) is 3.50. The van der Waals surface area contributed by atoms with Crippen molar-refractivity contribution >= 4 is 43.7 Å². The van der Waals surface area contributed by atoms with Gasteiger partial charge >= 0.3 is 5.97 Å². The number of carbonyl (C=O) groups excluding carboxylic acids is 1. The molecule has 1 amide bonds. The normalized spacial score (nSPS) is 13.7. The number of hydrogen-bond donors (Lipinski definition) is 2. The first kappa shape index (κ1) is 16.2. The van der Waals surface area contributed by atoms with Gasteiger partial charge in [0.15, 0.2) is 0 Å². The van der Waals surface area contributed by atoms with E-state index >= 15 is 0 Å². The number of amides is 1. The van der Waals surface area contributed by atoms with Gasteiger partial charge in [0.05, 0.1) is 5.41 Å². The summed E-state index contributed by atoms with van der Waals surface area (Å²) in [5.41, 5.74) is -0.469. The fourth-order valence-electron chi connectivity index (χ4n) is 1.41. The molecule has 0 aliphatic heterocycles. The van der Waals surface area contributed by atoms with Crippen molar-refractivity contribution in [2.75, 3.05) is 6.54 Å². The summed E-state index contributed by atoms with van der Waals surface area (Å²) in [5, 5.41) is 11.8. The monoisotopic (exact) mass is 391 g/mol. The SMILES string of the molecule is CCC(C)(CNC(=O)c1cc(Br)cc(Br)c1)C(=O)O. The number of rotatable bonds is 5. The number of carbonyl (C=O) groups is 2. The van der Waals surface area contributed by atoms with E-state index in [9.17, 15) is 9.59 Å². The van der Waals surface area contributed by atoms with Crippen molar-refractivity contribution < 1.29 is 14.7 Å². The molecule has 1 rings (SSSR count). The predicted octanol–water partition coefficient (Wildman–Crippen LogP) is 3.44. The molecule has 1 aromatic rings. The second-order valence-electron chi connectivity index (χ2n) is 4.56.